The van der Waals surface area contributed by atoms with E-state index in [0.29, 0.717) is 21.0 Å². The molecule has 3 rings (SSSR count). The van der Waals surface area contributed by atoms with Crippen molar-refractivity contribution in [3.05, 3.63) is 27.1 Å². The Bertz CT molecular complexity index is 595. The Hall–Kier alpha value is -1.49. The number of nitrogens with zero attached hydrogens (tertiary/aromatic N) is 1. The second-order valence-electron chi connectivity index (χ2n) is 3.71. The minimum absolute atomic E-state index is 0.133. The van der Waals surface area contributed by atoms with E-state index >= 15 is 0 Å². The van der Waals surface area contributed by atoms with Gasteiger partial charge in [0.25, 0.3) is 5.56 Å². The van der Waals surface area contributed by atoms with Crippen LogP contribution >= 0.6 is 11.3 Å². The molecule has 4 nitrogen and oxygen atoms in total. The normalized spacial score (nSPS) is 15.7. The summed E-state index contributed by atoms with van der Waals surface area (Å²) in [6, 6.07) is 1.59. The van der Waals surface area contributed by atoms with Gasteiger partial charge in [-0.25, -0.2) is 4.98 Å². The Labute approximate surface area is 89.0 Å². The molecule has 76 valence electrons. The van der Waals surface area contributed by atoms with Crippen molar-refractivity contribution < 1.29 is 4.79 Å². The minimum atomic E-state index is -0.133. The fraction of sp³-hybridized carbons (Fsp3) is 0.300. The Balaban J connectivity index is 2.28. The van der Waals surface area contributed by atoms with Gasteiger partial charge in [0, 0.05) is 5.92 Å². The number of rotatable bonds is 2. The molecule has 1 aliphatic carbocycles. The molecule has 0 bridgehead atoms. The molecular formula is C10H8N2O2S. The lowest BCUT2D eigenvalue weighted by atomic mass is 10.3. The zero-order valence-corrected chi connectivity index (χ0v) is 8.63. The van der Waals surface area contributed by atoms with Gasteiger partial charge in [0.1, 0.15) is 10.7 Å². The molecule has 0 aromatic carbocycles. The van der Waals surface area contributed by atoms with E-state index in [1.54, 1.807) is 6.07 Å². The van der Waals surface area contributed by atoms with E-state index in [2.05, 4.69) is 9.97 Å². The first-order valence-electron chi connectivity index (χ1n) is 4.77. The molecule has 0 saturated heterocycles. The lowest BCUT2D eigenvalue weighted by Crippen LogP contribution is -2.09. The molecule has 2 aromatic rings. The van der Waals surface area contributed by atoms with Crippen LogP contribution in [0.15, 0.2) is 10.9 Å². The molecule has 0 spiro atoms. The fourth-order valence-corrected chi connectivity index (χ4v) is 2.43. The zero-order chi connectivity index (χ0) is 10.4. The second-order valence-corrected chi connectivity index (χ2v) is 4.77. The monoisotopic (exact) mass is 220 g/mol. The number of aromatic nitrogens is 2. The Morgan fingerprint density at radius 3 is 3.00 bits per heavy atom. The third-order valence-electron chi connectivity index (χ3n) is 2.52. The largest absolute Gasteiger partial charge is 0.310 e. The molecule has 0 radical (unpaired) electrons. The molecule has 5 heteroatoms. The van der Waals surface area contributed by atoms with Crippen molar-refractivity contribution in [3.63, 3.8) is 0 Å². The van der Waals surface area contributed by atoms with Crippen molar-refractivity contribution >= 4 is 27.8 Å². The summed E-state index contributed by atoms with van der Waals surface area (Å²) >= 11 is 1.27. The van der Waals surface area contributed by atoms with Gasteiger partial charge in [0.05, 0.1) is 10.3 Å². The maximum atomic E-state index is 11.7. The van der Waals surface area contributed by atoms with Crippen LogP contribution in [0.4, 0.5) is 0 Å². The van der Waals surface area contributed by atoms with E-state index in [0.717, 1.165) is 25.0 Å². The van der Waals surface area contributed by atoms with Gasteiger partial charge in [-0.2, -0.15) is 0 Å². The number of carbonyl (C=O) groups is 1. The highest BCUT2D eigenvalue weighted by atomic mass is 32.1. The molecular weight excluding hydrogens is 212 g/mol. The summed E-state index contributed by atoms with van der Waals surface area (Å²) in [5, 5.41) is 0.520. The molecule has 0 aliphatic heterocycles. The summed E-state index contributed by atoms with van der Waals surface area (Å²) in [6.45, 7) is 0. The van der Waals surface area contributed by atoms with Crippen LogP contribution in [0.1, 0.15) is 34.3 Å². The maximum Gasteiger partial charge on any atom is 0.259 e. The molecule has 0 atom stereocenters. The number of aromatic amines is 1. The molecule has 2 heterocycles. The highest BCUT2D eigenvalue weighted by molar-refractivity contribution is 7.20. The fourth-order valence-electron chi connectivity index (χ4n) is 1.57. The van der Waals surface area contributed by atoms with E-state index in [-0.39, 0.29) is 5.56 Å². The highest BCUT2D eigenvalue weighted by Gasteiger charge is 2.26. The number of hydrogen-bond donors (Lipinski definition) is 1. The number of hydrogen-bond acceptors (Lipinski definition) is 4. The summed E-state index contributed by atoms with van der Waals surface area (Å²) in [4.78, 5) is 30.6. The average molecular weight is 220 g/mol. The lowest BCUT2D eigenvalue weighted by molar-refractivity contribution is 0.112. The molecule has 1 fully saturated rings. The second kappa shape index (κ2) is 3.00. The van der Waals surface area contributed by atoms with Gasteiger partial charge in [0.2, 0.25) is 0 Å². The minimum Gasteiger partial charge on any atom is -0.310 e. The summed E-state index contributed by atoms with van der Waals surface area (Å²) in [7, 11) is 0. The van der Waals surface area contributed by atoms with Gasteiger partial charge < -0.3 is 4.98 Å². The average Bonchev–Trinajstić information content (AvgIpc) is 2.98. The van der Waals surface area contributed by atoms with Crippen molar-refractivity contribution in [1.82, 2.24) is 9.97 Å². The van der Waals surface area contributed by atoms with E-state index in [4.69, 9.17) is 0 Å². The van der Waals surface area contributed by atoms with Crippen LogP contribution in [0.25, 0.3) is 10.2 Å². The predicted molar refractivity (Wildman–Crippen MR) is 57.6 cm³/mol. The van der Waals surface area contributed by atoms with Gasteiger partial charge in [-0.15, -0.1) is 11.3 Å². The van der Waals surface area contributed by atoms with E-state index < -0.39 is 0 Å². The van der Waals surface area contributed by atoms with Crippen molar-refractivity contribution in [1.29, 1.82) is 0 Å². The Morgan fingerprint density at radius 1 is 1.53 bits per heavy atom. The number of thiophene rings is 1. The van der Waals surface area contributed by atoms with Gasteiger partial charge in [0.15, 0.2) is 6.29 Å². The van der Waals surface area contributed by atoms with Gasteiger partial charge in [-0.1, -0.05) is 0 Å². The van der Waals surface area contributed by atoms with Gasteiger partial charge in [-0.05, 0) is 18.9 Å². The highest BCUT2D eigenvalue weighted by Crippen LogP contribution is 2.38. The van der Waals surface area contributed by atoms with E-state index in [1.807, 2.05) is 0 Å². The van der Waals surface area contributed by atoms with Gasteiger partial charge in [-0.3, -0.25) is 9.59 Å². The Morgan fingerprint density at radius 2 is 2.33 bits per heavy atom. The van der Waals surface area contributed by atoms with Crippen LogP contribution in [0.5, 0.6) is 0 Å². The standard InChI is InChI=1S/C10H8N2O2S/c13-4-6-3-7-9(14)11-8(5-1-2-5)12-10(7)15-6/h3-5H,1-2H2,(H,11,12,14). The number of nitrogens with one attached hydrogen (secondary N) is 1. The lowest BCUT2D eigenvalue weighted by Gasteiger charge is -1.95. The topological polar surface area (TPSA) is 62.8 Å². The third kappa shape index (κ3) is 1.39. The summed E-state index contributed by atoms with van der Waals surface area (Å²) in [5.74, 6) is 1.19. The van der Waals surface area contributed by atoms with Crippen molar-refractivity contribution in [3.8, 4) is 0 Å². The number of fused-ring (bicyclic) bond motifs is 1. The summed E-state index contributed by atoms with van der Waals surface area (Å²) < 4.78 is 0. The van der Waals surface area contributed by atoms with Gasteiger partial charge >= 0.3 is 0 Å². The third-order valence-corrected chi connectivity index (χ3v) is 3.47. The van der Waals surface area contributed by atoms with Crippen molar-refractivity contribution in [2.45, 2.75) is 18.8 Å². The summed E-state index contributed by atoms with van der Waals surface area (Å²) in [5.41, 5.74) is -0.133. The molecule has 0 unspecified atom stereocenters. The molecule has 1 N–H and O–H groups in total. The SMILES string of the molecule is O=Cc1cc2c(=O)[nH]c(C3CC3)nc2s1. The molecule has 0 amide bonds. The summed E-state index contributed by atoms with van der Waals surface area (Å²) in [6.07, 6.45) is 2.95. The molecule has 2 aromatic heterocycles. The van der Waals surface area contributed by atoms with Crippen LogP contribution in [0.3, 0.4) is 0 Å². The molecule has 1 aliphatic rings. The van der Waals surface area contributed by atoms with Crippen LogP contribution in [0.2, 0.25) is 0 Å². The molecule has 1 saturated carbocycles. The Kier molecular flexibility index (Phi) is 1.76. The van der Waals surface area contributed by atoms with Crippen LogP contribution in [-0.4, -0.2) is 16.3 Å². The number of carbonyl (C=O) groups excluding carboxylic acids is 1. The number of H-pyrrole nitrogens is 1. The van der Waals surface area contributed by atoms with Crippen molar-refractivity contribution in [2.75, 3.05) is 0 Å². The number of aldehydes is 1. The van der Waals surface area contributed by atoms with Crippen LogP contribution in [-0.2, 0) is 0 Å². The quantitative estimate of drug-likeness (QED) is 0.783. The zero-order valence-electron chi connectivity index (χ0n) is 7.82. The van der Waals surface area contributed by atoms with Crippen molar-refractivity contribution in [2.24, 2.45) is 0 Å². The molecule has 15 heavy (non-hydrogen) atoms. The van der Waals surface area contributed by atoms with Crippen LogP contribution < -0.4 is 5.56 Å². The predicted octanol–water partition coefficient (Wildman–Crippen LogP) is 1.67. The van der Waals surface area contributed by atoms with E-state index in [9.17, 15) is 9.59 Å². The first-order chi connectivity index (χ1) is 7.28. The van der Waals surface area contributed by atoms with Crippen LogP contribution in [0, 0.1) is 0 Å². The van der Waals surface area contributed by atoms with E-state index in [1.165, 1.54) is 11.3 Å². The first kappa shape index (κ1) is 8.79. The smallest absolute Gasteiger partial charge is 0.259 e. The maximum absolute atomic E-state index is 11.7. The first-order valence-corrected chi connectivity index (χ1v) is 5.58.